The van der Waals surface area contributed by atoms with Crippen molar-refractivity contribution < 1.29 is 28.5 Å². The van der Waals surface area contributed by atoms with E-state index in [-0.39, 0.29) is 18.5 Å². The predicted molar refractivity (Wildman–Crippen MR) is 163 cm³/mol. The molecule has 44 heavy (non-hydrogen) atoms. The Balaban J connectivity index is 1.33. The van der Waals surface area contributed by atoms with E-state index in [0.29, 0.717) is 53.3 Å². The monoisotopic (exact) mass is 618 g/mol. The molecule has 4 aromatic rings. The number of benzene rings is 2. The van der Waals surface area contributed by atoms with Crippen molar-refractivity contribution in [2.45, 2.75) is 50.7 Å². The van der Waals surface area contributed by atoms with Crippen LogP contribution < -0.4 is 29.2 Å². The SMILES string of the molecule is COc1ccc(-c2nnn(CC(=O)N(c3ccc4c(c3)OCCO4)C(C(=O)NC3CCCCC3)c3cccs3)n2)cc1OC. The maximum Gasteiger partial charge on any atom is 0.251 e. The zero-order valence-electron chi connectivity index (χ0n) is 24.6. The molecule has 0 saturated heterocycles. The first-order chi connectivity index (χ1) is 21.5. The number of tetrazole rings is 1. The molecule has 6 rings (SSSR count). The van der Waals surface area contributed by atoms with Crippen LogP contribution in [0.1, 0.15) is 43.0 Å². The van der Waals surface area contributed by atoms with Crippen LogP contribution in [0.25, 0.3) is 11.4 Å². The number of methoxy groups -OCH3 is 2. The van der Waals surface area contributed by atoms with Gasteiger partial charge in [-0.05, 0) is 59.8 Å². The van der Waals surface area contributed by atoms with E-state index in [9.17, 15) is 9.59 Å². The molecule has 3 heterocycles. The number of nitrogens with one attached hydrogen (secondary N) is 1. The molecule has 2 aromatic heterocycles. The van der Waals surface area contributed by atoms with Crippen LogP contribution in [-0.2, 0) is 16.1 Å². The molecule has 0 spiro atoms. The van der Waals surface area contributed by atoms with Crippen LogP contribution in [0, 0.1) is 0 Å². The fraction of sp³-hybridized carbons (Fsp3) is 0.387. The quantitative estimate of drug-likeness (QED) is 0.275. The molecule has 1 N–H and O–H groups in total. The highest BCUT2D eigenvalue weighted by atomic mass is 32.1. The van der Waals surface area contributed by atoms with Gasteiger partial charge in [-0.2, -0.15) is 4.80 Å². The van der Waals surface area contributed by atoms with Crippen molar-refractivity contribution in [1.82, 2.24) is 25.5 Å². The molecule has 2 aliphatic rings. The molecule has 1 aliphatic heterocycles. The van der Waals surface area contributed by atoms with E-state index in [1.54, 1.807) is 50.6 Å². The number of hydrogen-bond donors (Lipinski definition) is 1. The number of nitrogens with zero attached hydrogens (tertiary/aromatic N) is 5. The first kappa shape index (κ1) is 29.4. The van der Waals surface area contributed by atoms with E-state index in [0.717, 1.165) is 30.6 Å². The molecule has 2 aromatic carbocycles. The predicted octanol–water partition coefficient (Wildman–Crippen LogP) is 4.41. The highest BCUT2D eigenvalue weighted by Gasteiger charge is 2.36. The standard InChI is InChI=1S/C31H34N6O6S/c1-40-23-12-10-20(17-25(23)41-2)30-33-35-36(34-30)19-28(38)37(22-11-13-24-26(18-22)43-15-14-42-24)29(27-9-6-16-44-27)31(39)32-21-7-4-3-5-8-21/h6,9-13,16-18,21,29H,3-5,7-8,14-15,19H2,1-2H3,(H,32,39). The van der Waals surface area contributed by atoms with Gasteiger partial charge in [-0.1, -0.05) is 25.3 Å². The Hall–Kier alpha value is -4.65. The minimum Gasteiger partial charge on any atom is -0.493 e. The van der Waals surface area contributed by atoms with Gasteiger partial charge in [0.1, 0.15) is 25.8 Å². The lowest BCUT2D eigenvalue weighted by Gasteiger charge is -2.33. The Bertz CT molecular complexity index is 1600. The number of aromatic nitrogens is 4. The van der Waals surface area contributed by atoms with Gasteiger partial charge in [0.25, 0.3) is 5.91 Å². The van der Waals surface area contributed by atoms with E-state index in [1.807, 2.05) is 17.5 Å². The molecule has 1 aliphatic carbocycles. The maximum absolute atomic E-state index is 14.3. The average molecular weight is 619 g/mol. The van der Waals surface area contributed by atoms with Crippen molar-refractivity contribution >= 4 is 28.8 Å². The highest BCUT2D eigenvalue weighted by molar-refractivity contribution is 7.10. The van der Waals surface area contributed by atoms with Gasteiger partial charge in [0.05, 0.1) is 14.2 Å². The van der Waals surface area contributed by atoms with Gasteiger partial charge in [0.15, 0.2) is 23.0 Å². The fourth-order valence-electron chi connectivity index (χ4n) is 5.56. The lowest BCUT2D eigenvalue weighted by atomic mass is 9.95. The van der Waals surface area contributed by atoms with Gasteiger partial charge in [0, 0.05) is 28.2 Å². The van der Waals surface area contributed by atoms with Gasteiger partial charge >= 0.3 is 0 Å². The van der Waals surface area contributed by atoms with Crippen molar-refractivity contribution in [3.8, 4) is 34.4 Å². The van der Waals surface area contributed by atoms with E-state index in [2.05, 4.69) is 20.7 Å². The topological polar surface area (TPSA) is 130 Å². The molecule has 12 nitrogen and oxygen atoms in total. The summed E-state index contributed by atoms with van der Waals surface area (Å²) in [6.07, 6.45) is 5.14. The molecule has 0 radical (unpaired) electrons. The molecule has 1 atom stereocenters. The lowest BCUT2D eigenvalue weighted by molar-refractivity contribution is -0.127. The van der Waals surface area contributed by atoms with Crippen LogP contribution in [0.4, 0.5) is 5.69 Å². The van der Waals surface area contributed by atoms with Crippen LogP contribution in [0.2, 0.25) is 0 Å². The first-order valence-electron chi connectivity index (χ1n) is 14.6. The summed E-state index contributed by atoms with van der Waals surface area (Å²) in [5.74, 6) is 1.87. The summed E-state index contributed by atoms with van der Waals surface area (Å²) >= 11 is 1.42. The van der Waals surface area contributed by atoms with Crippen LogP contribution >= 0.6 is 11.3 Å². The second-order valence-electron chi connectivity index (χ2n) is 10.6. The number of fused-ring (bicyclic) bond motifs is 1. The highest BCUT2D eigenvalue weighted by Crippen LogP contribution is 2.38. The fourth-order valence-corrected chi connectivity index (χ4v) is 6.38. The van der Waals surface area contributed by atoms with Gasteiger partial charge in [-0.15, -0.1) is 21.5 Å². The van der Waals surface area contributed by atoms with Gasteiger partial charge in [-0.25, -0.2) is 0 Å². The molecule has 230 valence electrons. The van der Waals surface area contributed by atoms with Crippen molar-refractivity contribution in [2.75, 3.05) is 32.3 Å². The number of amides is 2. The Morgan fingerprint density at radius 1 is 1.02 bits per heavy atom. The first-order valence-corrected chi connectivity index (χ1v) is 15.5. The molecular weight excluding hydrogens is 584 g/mol. The van der Waals surface area contributed by atoms with Crippen molar-refractivity contribution in [3.05, 3.63) is 58.8 Å². The molecular formula is C31H34N6O6S. The Kier molecular flexibility index (Phi) is 8.91. The van der Waals surface area contributed by atoms with E-state index in [4.69, 9.17) is 18.9 Å². The van der Waals surface area contributed by atoms with Crippen molar-refractivity contribution in [3.63, 3.8) is 0 Å². The summed E-state index contributed by atoms with van der Waals surface area (Å²) in [6, 6.07) is 13.4. The summed E-state index contributed by atoms with van der Waals surface area (Å²) in [6.45, 7) is 0.576. The summed E-state index contributed by atoms with van der Waals surface area (Å²) < 4.78 is 22.3. The number of carbonyl (C=O) groups is 2. The third-order valence-electron chi connectivity index (χ3n) is 7.71. The number of thiophene rings is 1. The summed E-state index contributed by atoms with van der Waals surface area (Å²) in [7, 11) is 3.11. The maximum atomic E-state index is 14.3. The van der Waals surface area contributed by atoms with Gasteiger partial charge < -0.3 is 24.3 Å². The number of ether oxygens (including phenoxy) is 4. The Morgan fingerprint density at radius 3 is 2.57 bits per heavy atom. The second-order valence-corrected chi connectivity index (χ2v) is 11.5. The van der Waals surface area contributed by atoms with Crippen LogP contribution in [0.3, 0.4) is 0 Å². The molecule has 13 heteroatoms. The zero-order chi connectivity index (χ0) is 30.5. The van der Waals surface area contributed by atoms with Crippen molar-refractivity contribution in [2.24, 2.45) is 0 Å². The van der Waals surface area contributed by atoms with Crippen molar-refractivity contribution in [1.29, 1.82) is 0 Å². The lowest BCUT2D eigenvalue weighted by Crippen LogP contribution is -2.48. The zero-order valence-corrected chi connectivity index (χ0v) is 25.4. The van der Waals surface area contributed by atoms with Gasteiger partial charge in [-0.3, -0.25) is 14.5 Å². The van der Waals surface area contributed by atoms with E-state index < -0.39 is 11.9 Å². The molecule has 0 bridgehead atoms. The largest absolute Gasteiger partial charge is 0.493 e. The van der Waals surface area contributed by atoms with Crippen LogP contribution in [-0.4, -0.2) is 65.5 Å². The Labute approximate surface area is 258 Å². The molecule has 1 unspecified atom stereocenters. The minimum atomic E-state index is -0.916. The van der Waals surface area contributed by atoms with Crippen LogP contribution in [0.5, 0.6) is 23.0 Å². The second kappa shape index (κ2) is 13.3. The summed E-state index contributed by atoms with van der Waals surface area (Å²) in [5, 5.41) is 17.9. The molecule has 1 fully saturated rings. The third-order valence-corrected chi connectivity index (χ3v) is 8.64. The Morgan fingerprint density at radius 2 is 1.82 bits per heavy atom. The molecule has 1 saturated carbocycles. The summed E-state index contributed by atoms with van der Waals surface area (Å²) in [4.78, 5) is 31.8. The number of hydrogen-bond acceptors (Lipinski definition) is 10. The van der Waals surface area contributed by atoms with Gasteiger partial charge in [0.2, 0.25) is 11.7 Å². The normalized spacial score (nSPS) is 15.3. The number of carbonyl (C=O) groups excluding carboxylic acids is 2. The molecule has 2 amide bonds. The summed E-state index contributed by atoms with van der Waals surface area (Å²) in [5.41, 5.74) is 1.14. The third kappa shape index (κ3) is 6.32. The minimum absolute atomic E-state index is 0.0666. The van der Waals surface area contributed by atoms with Crippen LogP contribution in [0.15, 0.2) is 53.9 Å². The van der Waals surface area contributed by atoms with E-state index >= 15 is 0 Å². The van der Waals surface area contributed by atoms with E-state index in [1.165, 1.54) is 27.5 Å². The smallest absolute Gasteiger partial charge is 0.251 e. The number of anilines is 1. The number of rotatable bonds is 10. The average Bonchev–Trinajstić information content (AvgIpc) is 3.76.